The number of aromatic nitrogens is 4. The Hall–Kier alpha value is -2.41. The van der Waals surface area contributed by atoms with Crippen molar-refractivity contribution in [1.29, 1.82) is 0 Å². The average molecular weight is 438 g/mol. The molecule has 2 aliphatic rings. The Bertz CT molecular complexity index is 1010. The van der Waals surface area contributed by atoms with Gasteiger partial charge in [-0.3, -0.25) is 0 Å². The van der Waals surface area contributed by atoms with Gasteiger partial charge in [-0.05, 0) is 67.5 Å². The van der Waals surface area contributed by atoms with Crippen LogP contribution in [0.2, 0.25) is 0 Å². The van der Waals surface area contributed by atoms with Gasteiger partial charge in [0.15, 0.2) is 0 Å². The summed E-state index contributed by atoms with van der Waals surface area (Å²) in [7, 11) is 0. The molecule has 1 N–H and O–H groups in total. The molecule has 0 atom stereocenters. The van der Waals surface area contributed by atoms with E-state index in [1.54, 1.807) is 12.1 Å². The quantitative estimate of drug-likeness (QED) is 0.534. The number of anilines is 1. The smallest absolute Gasteiger partial charge is 0.223 e. The summed E-state index contributed by atoms with van der Waals surface area (Å²) in [5.41, 5.74) is 3.63. The Morgan fingerprint density at radius 2 is 1.71 bits per heavy atom. The minimum absolute atomic E-state index is 0.240. The molecule has 5 nitrogen and oxygen atoms in total. The largest absolute Gasteiger partial charge is 0.351 e. The van der Waals surface area contributed by atoms with Crippen molar-refractivity contribution in [3.8, 4) is 22.6 Å². The molecule has 3 aromatic rings. The second-order valence-electron chi connectivity index (χ2n) is 8.44. The van der Waals surface area contributed by atoms with E-state index >= 15 is 0 Å². The summed E-state index contributed by atoms with van der Waals surface area (Å²) in [5, 5.41) is 3.53. The van der Waals surface area contributed by atoms with Crippen LogP contribution in [0.3, 0.4) is 0 Å². The van der Waals surface area contributed by atoms with Crippen molar-refractivity contribution in [1.82, 2.24) is 19.5 Å². The van der Waals surface area contributed by atoms with E-state index in [9.17, 15) is 4.39 Å². The molecule has 162 valence electrons. The SMILES string of the molecule is Fc1ccc(-c2ncn(C3CCCCC3)c2-c2ccnc(NC3CCSCC3)n2)cc1. The van der Waals surface area contributed by atoms with Crippen molar-refractivity contribution in [2.75, 3.05) is 16.8 Å². The van der Waals surface area contributed by atoms with Crippen LogP contribution in [-0.2, 0) is 0 Å². The number of rotatable bonds is 5. The maximum atomic E-state index is 13.5. The van der Waals surface area contributed by atoms with Crippen molar-refractivity contribution in [3.63, 3.8) is 0 Å². The molecule has 1 saturated heterocycles. The maximum absolute atomic E-state index is 13.5. The number of benzene rings is 1. The lowest BCUT2D eigenvalue weighted by atomic mass is 9.95. The second kappa shape index (κ2) is 9.39. The molecule has 0 radical (unpaired) electrons. The molecule has 3 heterocycles. The molecular formula is C24H28FN5S. The van der Waals surface area contributed by atoms with Crippen molar-refractivity contribution in [2.24, 2.45) is 0 Å². The number of hydrogen-bond acceptors (Lipinski definition) is 5. The third-order valence-corrected chi connectivity index (χ3v) is 7.38. The van der Waals surface area contributed by atoms with Gasteiger partial charge in [0.05, 0.1) is 23.4 Å². The van der Waals surface area contributed by atoms with E-state index in [2.05, 4.69) is 14.9 Å². The Morgan fingerprint density at radius 1 is 0.935 bits per heavy atom. The van der Waals surface area contributed by atoms with Crippen LogP contribution in [-0.4, -0.2) is 37.1 Å². The van der Waals surface area contributed by atoms with Crippen LogP contribution in [0.5, 0.6) is 0 Å². The molecule has 1 saturated carbocycles. The Morgan fingerprint density at radius 3 is 2.48 bits per heavy atom. The van der Waals surface area contributed by atoms with Gasteiger partial charge in [0, 0.05) is 23.8 Å². The Labute approximate surface area is 186 Å². The normalized spacial score (nSPS) is 18.2. The highest BCUT2D eigenvalue weighted by molar-refractivity contribution is 7.99. The number of nitrogens with one attached hydrogen (secondary N) is 1. The molecule has 0 bridgehead atoms. The summed E-state index contributed by atoms with van der Waals surface area (Å²) < 4.78 is 15.8. The molecule has 5 rings (SSSR count). The van der Waals surface area contributed by atoms with Crippen molar-refractivity contribution < 1.29 is 4.39 Å². The third kappa shape index (κ3) is 4.61. The number of hydrogen-bond donors (Lipinski definition) is 1. The Balaban J connectivity index is 1.53. The zero-order valence-electron chi connectivity index (χ0n) is 17.6. The molecule has 1 aromatic carbocycles. The van der Waals surface area contributed by atoms with Crippen LogP contribution >= 0.6 is 11.8 Å². The lowest BCUT2D eigenvalue weighted by molar-refractivity contribution is 0.355. The van der Waals surface area contributed by atoms with E-state index in [1.165, 1.54) is 42.9 Å². The molecule has 7 heteroatoms. The first-order valence-electron chi connectivity index (χ1n) is 11.3. The third-order valence-electron chi connectivity index (χ3n) is 6.33. The van der Waals surface area contributed by atoms with Gasteiger partial charge in [-0.2, -0.15) is 11.8 Å². The second-order valence-corrected chi connectivity index (χ2v) is 9.67. The molecule has 2 aromatic heterocycles. The van der Waals surface area contributed by atoms with Gasteiger partial charge in [0.25, 0.3) is 0 Å². The molecular weight excluding hydrogens is 409 g/mol. The number of nitrogens with zero attached hydrogens (tertiary/aromatic N) is 4. The van der Waals surface area contributed by atoms with Gasteiger partial charge >= 0.3 is 0 Å². The fourth-order valence-electron chi connectivity index (χ4n) is 4.65. The number of thioether (sulfide) groups is 1. The van der Waals surface area contributed by atoms with Gasteiger partial charge in [-0.25, -0.2) is 19.3 Å². The molecule has 1 aliphatic carbocycles. The zero-order chi connectivity index (χ0) is 21.0. The predicted octanol–water partition coefficient (Wildman–Crippen LogP) is 5.96. The van der Waals surface area contributed by atoms with Gasteiger partial charge in [-0.1, -0.05) is 19.3 Å². The summed E-state index contributed by atoms with van der Waals surface area (Å²) in [4.78, 5) is 14.2. The summed E-state index contributed by atoms with van der Waals surface area (Å²) in [6.45, 7) is 0. The number of imidazole rings is 1. The topological polar surface area (TPSA) is 55.6 Å². The highest BCUT2D eigenvalue weighted by atomic mass is 32.2. The zero-order valence-corrected chi connectivity index (χ0v) is 18.5. The first kappa shape index (κ1) is 20.5. The first-order chi connectivity index (χ1) is 15.3. The summed E-state index contributed by atoms with van der Waals surface area (Å²) in [6.07, 6.45) is 12.1. The van der Waals surface area contributed by atoms with Crippen LogP contribution in [0.25, 0.3) is 22.6 Å². The van der Waals surface area contributed by atoms with Crippen LogP contribution < -0.4 is 5.32 Å². The molecule has 1 aliphatic heterocycles. The maximum Gasteiger partial charge on any atom is 0.223 e. The average Bonchev–Trinajstić information content (AvgIpc) is 3.26. The molecule has 0 spiro atoms. The minimum atomic E-state index is -0.240. The van der Waals surface area contributed by atoms with E-state index in [1.807, 2.05) is 30.4 Å². The van der Waals surface area contributed by atoms with E-state index in [0.29, 0.717) is 18.0 Å². The van der Waals surface area contributed by atoms with Crippen LogP contribution in [0.1, 0.15) is 51.0 Å². The van der Waals surface area contributed by atoms with E-state index in [4.69, 9.17) is 9.97 Å². The highest BCUT2D eigenvalue weighted by Crippen LogP contribution is 2.37. The van der Waals surface area contributed by atoms with Crippen LogP contribution in [0.15, 0.2) is 42.9 Å². The summed E-state index contributed by atoms with van der Waals surface area (Å²) in [5.74, 6) is 2.80. The van der Waals surface area contributed by atoms with Crippen LogP contribution in [0, 0.1) is 5.82 Å². The summed E-state index contributed by atoms with van der Waals surface area (Å²) in [6, 6.07) is 9.40. The van der Waals surface area contributed by atoms with Crippen molar-refractivity contribution in [2.45, 2.75) is 57.0 Å². The predicted molar refractivity (Wildman–Crippen MR) is 125 cm³/mol. The van der Waals surface area contributed by atoms with Gasteiger partial charge < -0.3 is 9.88 Å². The highest BCUT2D eigenvalue weighted by Gasteiger charge is 2.24. The van der Waals surface area contributed by atoms with Crippen LogP contribution in [0.4, 0.5) is 10.3 Å². The van der Waals surface area contributed by atoms with E-state index in [-0.39, 0.29) is 5.82 Å². The lowest BCUT2D eigenvalue weighted by Gasteiger charge is -2.25. The fraction of sp³-hybridized carbons (Fsp3) is 0.458. The number of halogens is 1. The summed E-state index contributed by atoms with van der Waals surface area (Å²) >= 11 is 2.01. The van der Waals surface area contributed by atoms with E-state index in [0.717, 1.165) is 48.3 Å². The molecule has 0 amide bonds. The minimum Gasteiger partial charge on any atom is -0.351 e. The molecule has 0 unspecified atom stereocenters. The van der Waals surface area contributed by atoms with Crippen molar-refractivity contribution in [3.05, 3.63) is 48.7 Å². The first-order valence-corrected chi connectivity index (χ1v) is 12.4. The standard InChI is InChI=1S/C24H28FN5S/c25-18-8-6-17(7-9-18)22-23(30(16-27-22)20-4-2-1-3-5-20)21-10-13-26-24(29-21)28-19-11-14-31-15-12-19/h6-10,13,16,19-20H,1-5,11-12,14-15H2,(H,26,28,29). The van der Waals surface area contributed by atoms with Gasteiger partial charge in [-0.15, -0.1) is 0 Å². The lowest BCUT2D eigenvalue weighted by Crippen LogP contribution is -2.25. The molecule has 31 heavy (non-hydrogen) atoms. The molecule has 2 fully saturated rings. The Kier molecular flexibility index (Phi) is 6.20. The van der Waals surface area contributed by atoms with Crippen molar-refractivity contribution >= 4 is 17.7 Å². The fourth-order valence-corrected chi connectivity index (χ4v) is 5.76. The monoisotopic (exact) mass is 437 g/mol. The van der Waals surface area contributed by atoms with Gasteiger partial charge in [0.1, 0.15) is 5.82 Å². The van der Waals surface area contributed by atoms with E-state index < -0.39 is 0 Å². The van der Waals surface area contributed by atoms with Gasteiger partial charge in [0.2, 0.25) is 5.95 Å².